The largest absolute Gasteiger partial charge is 0.341 e. The number of piperidine rings is 1. The van der Waals surface area contributed by atoms with Gasteiger partial charge in [-0.3, -0.25) is 9.69 Å². The molecule has 3 heterocycles. The molecule has 6 nitrogen and oxygen atoms in total. The zero-order valence-electron chi connectivity index (χ0n) is 16.0. The van der Waals surface area contributed by atoms with Gasteiger partial charge < -0.3 is 14.7 Å². The number of amides is 3. The molecule has 0 spiro atoms. The average Bonchev–Trinajstić information content (AvgIpc) is 3.34. The van der Waals surface area contributed by atoms with Crippen LogP contribution in [0.5, 0.6) is 0 Å². The third kappa shape index (κ3) is 4.10. The van der Waals surface area contributed by atoms with E-state index in [1.807, 2.05) is 9.80 Å². The molecule has 0 radical (unpaired) electrons. The van der Waals surface area contributed by atoms with E-state index in [1.54, 1.807) is 0 Å². The van der Waals surface area contributed by atoms with Gasteiger partial charge in [0.1, 0.15) is 0 Å². The molecule has 3 fully saturated rings. The minimum atomic E-state index is -0.00393. The molecular weight excluding hydrogens is 316 g/mol. The van der Waals surface area contributed by atoms with E-state index in [2.05, 4.69) is 23.6 Å². The Morgan fingerprint density at radius 2 is 1.52 bits per heavy atom. The third-order valence-corrected chi connectivity index (χ3v) is 6.22. The summed E-state index contributed by atoms with van der Waals surface area (Å²) in [6, 6.07) is 0.655. The lowest BCUT2D eigenvalue weighted by Gasteiger charge is -2.36. The van der Waals surface area contributed by atoms with E-state index in [9.17, 15) is 9.59 Å². The van der Waals surface area contributed by atoms with Gasteiger partial charge in [0.15, 0.2) is 0 Å². The number of hydrogen-bond donors (Lipinski definition) is 0. The number of carbonyl (C=O) groups excluding carboxylic acids is 2. The Balaban J connectivity index is 1.54. The number of likely N-dealkylation sites (N-methyl/N-ethyl adjacent to an activating group) is 1. The second-order valence-corrected chi connectivity index (χ2v) is 7.71. The molecule has 0 aromatic rings. The summed E-state index contributed by atoms with van der Waals surface area (Å²) < 4.78 is 0. The summed E-state index contributed by atoms with van der Waals surface area (Å²) >= 11 is 0. The van der Waals surface area contributed by atoms with Crippen LogP contribution >= 0.6 is 0 Å². The number of nitrogens with zero attached hydrogens (tertiary/aromatic N) is 4. The average molecular weight is 351 g/mol. The van der Waals surface area contributed by atoms with Crippen molar-refractivity contribution >= 4 is 11.9 Å². The molecule has 2 unspecified atom stereocenters. The predicted molar refractivity (Wildman–Crippen MR) is 98.4 cm³/mol. The lowest BCUT2D eigenvalue weighted by atomic mass is 9.97. The summed E-state index contributed by atoms with van der Waals surface area (Å²) in [6.45, 7) is 11.4. The Morgan fingerprint density at radius 1 is 0.840 bits per heavy atom. The Hall–Kier alpha value is -1.30. The molecule has 0 saturated carbocycles. The van der Waals surface area contributed by atoms with Crippen LogP contribution in [0, 0.1) is 5.92 Å². The summed E-state index contributed by atoms with van der Waals surface area (Å²) in [5.41, 5.74) is 0. The van der Waals surface area contributed by atoms with Crippen LogP contribution in [0.1, 0.15) is 46.0 Å². The molecule has 3 aliphatic rings. The standard InChI is InChI=1S/C19H34N4O2/c1-3-20(4-2)17-9-13-22(15-17)18(24)16-8-7-12-23(14-16)19(25)21-10-5-6-11-21/h16-17H,3-15H2,1-2H3. The molecular formula is C19H34N4O2. The van der Waals surface area contributed by atoms with Crippen LogP contribution < -0.4 is 0 Å². The fraction of sp³-hybridized carbons (Fsp3) is 0.895. The summed E-state index contributed by atoms with van der Waals surface area (Å²) in [5.74, 6) is 0.268. The van der Waals surface area contributed by atoms with Gasteiger partial charge in [0.25, 0.3) is 0 Å². The predicted octanol–water partition coefficient (Wildman–Crippen LogP) is 1.86. The Bertz CT molecular complexity index is 474. The number of rotatable bonds is 4. The second kappa shape index (κ2) is 8.39. The molecule has 0 N–H and O–H groups in total. The monoisotopic (exact) mass is 350 g/mol. The number of carbonyl (C=O) groups is 2. The van der Waals surface area contributed by atoms with Crippen molar-refractivity contribution in [2.24, 2.45) is 5.92 Å². The fourth-order valence-electron chi connectivity index (χ4n) is 4.70. The second-order valence-electron chi connectivity index (χ2n) is 7.71. The normalized spacial score (nSPS) is 27.4. The zero-order valence-corrected chi connectivity index (χ0v) is 16.0. The molecule has 6 heteroatoms. The Labute approximate surface area is 152 Å². The van der Waals surface area contributed by atoms with Gasteiger partial charge in [-0.2, -0.15) is 0 Å². The quantitative estimate of drug-likeness (QED) is 0.777. The van der Waals surface area contributed by atoms with E-state index in [0.717, 1.165) is 77.9 Å². The SMILES string of the molecule is CCN(CC)C1CCN(C(=O)C2CCCN(C(=O)N3CCCC3)C2)C1. The van der Waals surface area contributed by atoms with E-state index in [1.165, 1.54) is 0 Å². The van der Waals surface area contributed by atoms with Crippen molar-refractivity contribution in [2.75, 3.05) is 52.4 Å². The highest BCUT2D eigenvalue weighted by Crippen LogP contribution is 2.24. The molecule has 3 amide bonds. The first-order valence-corrected chi connectivity index (χ1v) is 10.2. The molecule has 0 aliphatic carbocycles. The third-order valence-electron chi connectivity index (χ3n) is 6.22. The van der Waals surface area contributed by atoms with Gasteiger partial charge >= 0.3 is 6.03 Å². The first-order chi connectivity index (χ1) is 12.1. The highest BCUT2D eigenvalue weighted by molar-refractivity contribution is 5.81. The molecule has 0 aromatic carbocycles. The molecule has 2 atom stereocenters. The first-order valence-electron chi connectivity index (χ1n) is 10.2. The summed E-state index contributed by atoms with van der Waals surface area (Å²) in [4.78, 5) is 34.0. The van der Waals surface area contributed by atoms with Crippen molar-refractivity contribution < 1.29 is 9.59 Å². The van der Waals surface area contributed by atoms with Crippen LogP contribution in [0.2, 0.25) is 0 Å². The number of likely N-dealkylation sites (tertiary alicyclic amines) is 3. The number of hydrogen-bond acceptors (Lipinski definition) is 3. The van der Waals surface area contributed by atoms with Gasteiger partial charge in [-0.25, -0.2) is 4.79 Å². The van der Waals surface area contributed by atoms with Crippen molar-refractivity contribution in [1.29, 1.82) is 0 Å². The topological polar surface area (TPSA) is 47.1 Å². The maximum atomic E-state index is 13.0. The maximum Gasteiger partial charge on any atom is 0.320 e. The minimum absolute atomic E-state index is 0.00393. The van der Waals surface area contributed by atoms with Crippen molar-refractivity contribution in [2.45, 2.75) is 52.0 Å². The van der Waals surface area contributed by atoms with Gasteiger partial charge in [0.05, 0.1) is 5.92 Å². The van der Waals surface area contributed by atoms with Crippen LogP contribution in [0.25, 0.3) is 0 Å². The lowest BCUT2D eigenvalue weighted by molar-refractivity contribution is -0.136. The zero-order chi connectivity index (χ0) is 17.8. The van der Waals surface area contributed by atoms with E-state index in [0.29, 0.717) is 12.6 Å². The minimum Gasteiger partial charge on any atom is -0.341 e. The van der Waals surface area contributed by atoms with Gasteiger partial charge in [-0.15, -0.1) is 0 Å². The van der Waals surface area contributed by atoms with E-state index >= 15 is 0 Å². The van der Waals surface area contributed by atoms with Gasteiger partial charge in [-0.1, -0.05) is 13.8 Å². The molecule has 0 bridgehead atoms. The molecule has 3 aliphatic heterocycles. The smallest absolute Gasteiger partial charge is 0.320 e. The molecule has 3 rings (SSSR count). The van der Waals surface area contributed by atoms with E-state index in [-0.39, 0.29) is 17.9 Å². The Morgan fingerprint density at radius 3 is 2.20 bits per heavy atom. The van der Waals surface area contributed by atoms with E-state index < -0.39 is 0 Å². The summed E-state index contributed by atoms with van der Waals surface area (Å²) in [5, 5.41) is 0. The van der Waals surface area contributed by atoms with Crippen LogP contribution in [-0.2, 0) is 4.79 Å². The van der Waals surface area contributed by atoms with Gasteiger partial charge in [0.2, 0.25) is 5.91 Å². The highest BCUT2D eigenvalue weighted by atomic mass is 16.2. The van der Waals surface area contributed by atoms with Crippen molar-refractivity contribution in [3.05, 3.63) is 0 Å². The van der Waals surface area contributed by atoms with E-state index in [4.69, 9.17) is 0 Å². The fourth-order valence-corrected chi connectivity index (χ4v) is 4.70. The molecule has 3 saturated heterocycles. The highest BCUT2D eigenvalue weighted by Gasteiger charge is 2.36. The molecule has 0 aromatic heterocycles. The first kappa shape index (κ1) is 18.5. The molecule has 25 heavy (non-hydrogen) atoms. The Kier molecular flexibility index (Phi) is 6.20. The molecule has 142 valence electrons. The van der Waals surface area contributed by atoms with Crippen molar-refractivity contribution in [3.8, 4) is 0 Å². The lowest BCUT2D eigenvalue weighted by Crippen LogP contribution is -2.50. The summed E-state index contributed by atoms with van der Waals surface area (Å²) in [7, 11) is 0. The summed E-state index contributed by atoms with van der Waals surface area (Å²) in [6.07, 6.45) is 5.18. The van der Waals surface area contributed by atoms with Crippen molar-refractivity contribution in [3.63, 3.8) is 0 Å². The van der Waals surface area contributed by atoms with Crippen LogP contribution in [-0.4, -0.2) is 89.9 Å². The van der Waals surface area contributed by atoms with Crippen molar-refractivity contribution in [1.82, 2.24) is 19.6 Å². The number of urea groups is 1. The van der Waals surface area contributed by atoms with Gasteiger partial charge in [0, 0.05) is 45.3 Å². The van der Waals surface area contributed by atoms with Crippen LogP contribution in [0.3, 0.4) is 0 Å². The van der Waals surface area contributed by atoms with Crippen LogP contribution in [0.4, 0.5) is 4.79 Å². The maximum absolute atomic E-state index is 13.0. The van der Waals surface area contributed by atoms with Crippen LogP contribution in [0.15, 0.2) is 0 Å². The van der Waals surface area contributed by atoms with Gasteiger partial charge in [-0.05, 0) is 45.2 Å².